The van der Waals surface area contributed by atoms with Crippen LogP contribution >= 0.6 is 0 Å². The molecule has 25 heavy (non-hydrogen) atoms. The van der Waals surface area contributed by atoms with E-state index in [4.69, 9.17) is 11.6 Å². The van der Waals surface area contributed by atoms with Crippen molar-refractivity contribution < 1.29 is 9.59 Å². The van der Waals surface area contributed by atoms with Crippen LogP contribution in [-0.4, -0.2) is 36.3 Å². The fraction of sp³-hybridized carbons (Fsp3) is 0.444. The van der Waals surface area contributed by atoms with Crippen molar-refractivity contribution in [1.29, 1.82) is 0 Å². The molecule has 2 bridgehead atoms. The Balaban J connectivity index is 1.51. The van der Waals surface area contributed by atoms with Crippen molar-refractivity contribution in [2.75, 3.05) is 24.6 Å². The highest BCUT2D eigenvalue weighted by molar-refractivity contribution is 5.96. The van der Waals surface area contributed by atoms with E-state index in [9.17, 15) is 9.59 Å². The van der Waals surface area contributed by atoms with Gasteiger partial charge in [0.2, 0.25) is 5.91 Å². The van der Waals surface area contributed by atoms with Gasteiger partial charge in [0.25, 0.3) is 5.91 Å². The Bertz CT molecular complexity index is 646. The molecule has 3 rings (SSSR count). The summed E-state index contributed by atoms with van der Waals surface area (Å²) in [6.45, 7) is 1.71. The summed E-state index contributed by atoms with van der Waals surface area (Å²) in [6.07, 6.45) is 6.55. The lowest BCUT2D eigenvalue weighted by molar-refractivity contribution is -0.132. The first kappa shape index (κ1) is 17.3. The van der Waals surface area contributed by atoms with E-state index in [0.717, 1.165) is 13.1 Å². The topological polar surface area (TPSA) is 105 Å². The van der Waals surface area contributed by atoms with Gasteiger partial charge in [0.15, 0.2) is 0 Å². The number of hydrogen-bond acceptors (Lipinski definition) is 5. The molecule has 1 aliphatic heterocycles. The molecule has 2 fully saturated rings. The number of piperidine rings is 1. The van der Waals surface area contributed by atoms with E-state index < -0.39 is 0 Å². The van der Waals surface area contributed by atoms with Crippen LogP contribution in [0.25, 0.3) is 0 Å². The van der Waals surface area contributed by atoms with E-state index in [1.165, 1.54) is 36.7 Å². The normalized spacial score (nSPS) is 22.2. The van der Waals surface area contributed by atoms with E-state index in [1.54, 1.807) is 24.3 Å². The van der Waals surface area contributed by atoms with E-state index in [0.29, 0.717) is 23.1 Å². The summed E-state index contributed by atoms with van der Waals surface area (Å²) in [4.78, 5) is 26.5. The largest absolute Gasteiger partial charge is 0.403 e. The Kier molecular flexibility index (Phi) is 5.23. The molecule has 0 aromatic heterocycles. The summed E-state index contributed by atoms with van der Waals surface area (Å²) in [7, 11) is 0. The van der Waals surface area contributed by atoms with Crippen LogP contribution in [0.4, 0.5) is 5.69 Å². The monoisotopic (exact) mass is 343 g/mol. The number of hydrogen-bond donors (Lipinski definition) is 3. The lowest BCUT2D eigenvalue weighted by Crippen LogP contribution is -2.45. The van der Waals surface area contributed by atoms with E-state index in [2.05, 4.69) is 5.32 Å². The second kappa shape index (κ2) is 7.57. The van der Waals surface area contributed by atoms with Crippen molar-refractivity contribution in [2.24, 2.45) is 23.4 Å². The molecule has 1 aromatic rings. The predicted molar refractivity (Wildman–Crippen MR) is 96.2 cm³/mol. The number of carbonyl (C=O) groups is 2. The summed E-state index contributed by atoms with van der Waals surface area (Å²) < 4.78 is 0. The number of carbonyl (C=O) groups excluding carboxylic acids is 2. The smallest absolute Gasteiger partial charge is 0.251 e. The fourth-order valence-corrected chi connectivity index (χ4v) is 3.75. The minimum Gasteiger partial charge on any atom is -0.403 e. The maximum atomic E-state index is 12.3. The summed E-state index contributed by atoms with van der Waals surface area (Å²) in [5.41, 5.74) is 6.49. The summed E-state index contributed by atoms with van der Waals surface area (Å²) >= 11 is 0. The molecule has 1 saturated heterocycles. The summed E-state index contributed by atoms with van der Waals surface area (Å²) in [6, 6.07) is 6.78. The van der Waals surface area contributed by atoms with Gasteiger partial charge in [-0.05, 0) is 55.4 Å². The Morgan fingerprint density at radius 3 is 2.44 bits per heavy atom. The third-order valence-corrected chi connectivity index (χ3v) is 5.03. The van der Waals surface area contributed by atoms with Gasteiger partial charge in [-0.15, -0.1) is 0 Å². The zero-order valence-electron chi connectivity index (χ0n) is 14.2. The SMILES string of the molecule is N/C=C\N(N)c1ccc(C(=O)NCC(=O)N2CC3CCC(C3)C2)cc1. The Hall–Kier alpha value is -2.54. The fourth-order valence-electron chi connectivity index (χ4n) is 3.75. The van der Waals surface area contributed by atoms with Crippen LogP contribution in [-0.2, 0) is 4.79 Å². The van der Waals surface area contributed by atoms with Crippen LogP contribution in [0, 0.1) is 11.8 Å². The molecule has 1 aliphatic carbocycles. The van der Waals surface area contributed by atoms with E-state index in [1.807, 2.05) is 4.90 Å². The summed E-state index contributed by atoms with van der Waals surface area (Å²) in [5, 5.41) is 4.07. The second-order valence-corrected chi connectivity index (χ2v) is 6.82. The van der Waals surface area contributed by atoms with Crippen molar-refractivity contribution in [1.82, 2.24) is 10.2 Å². The van der Waals surface area contributed by atoms with Gasteiger partial charge < -0.3 is 16.0 Å². The lowest BCUT2D eigenvalue weighted by atomic mass is 9.99. The number of hydrazine groups is 1. The number of benzene rings is 1. The van der Waals surface area contributed by atoms with Gasteiger partial charge in [-0.3, -0.25) is 14.6 Å². The van der Waals surface area contributed by atoms with Crippen LogP contribution in [0.15, 0.2) is 36.7 Å². The lowest BCUT2D eigenvalue weighted by Gasteiger charge is -2.31. The van der Waals surface area contributed by atoms with Crippen LogP contribution < -0.4 is 21.9 Å². The number of fused-ring (bicyclic) bond motifs is 2. The molecule has 0 spiro atoms. The molecular weight excluding hydrogens is 318 g/mol. The Morgan fingerprint density at radius 1 is 1.20 bits per heavy atom. The van der Waals surface area contributed by atoms with E-state index in [-0.39, 0.29) is 18.4 Å². The highest BCUT2D eigenvalue weighted by atomic mass is 16.2. The number of nitrogens with zero attached hydrogens (tertiary/aromatic N) is 2. The third kappa shape index (κ3) is 4.11. The number of nitrogens with two attached hydrogens (primary N) is 2. The van der Waals surface area contributed by atoms with Gasteiger partial charge in [-0.2, -0.15) is 0 Å². The number of nitrogens with one attached hydrogen (secondary N) is 1. The van der Waals surface area contributed by atoms with Crippen molar-refractivity contribution in [3.63, 3.8) is 0 Å². The molecule has 134 valence electrons. The highest BCUT2D eigenvalue weighted by Gasteiger charge is 2.34. The van der Waals surface area contributed by atoms with Crippen LogP contribution in [0.2, 0.25) is 0 Å². The average Bonchev–Trinajstić information content (AvgIpc) is 2.97. The first-order valence-electron chi connectivity index (χ1n) is 8.65. The molecule has 7 heteroatoms. The van der Waals surface area contributed by atoms with Crippen LogP contribution in [0.3, 0.4) is 0 Å². The quantitative estimate of drug-likeness (QED) is 0.541. The molecule has 2 atom stereocenters. The molecule has 7 nitrogen and oxygen atoms in total. The van der Waals surface area contributed by atoms with Crippen molar-refractivity contribution in [2.45, 2.75) is 19.3 Å². The molecule has 1 heterocycles. The van der Waals surface area contributed by atoms with Crippen LogP contribution in [0.1, 0.15) is 29.6 Å². The second-order valence-electron chi connectivity index (χ2n) is 6.82. The molecule has 0 radical (unpaired) electrons. The van der Waals surface area contributed by atoms with Crippen molar-refractivity contribution >= 4 is 17.5 Å². The van der Waals surface area contributed by atoms with Crippen molar-refractivity contribution in [3.8, 4) is 0 Å². The van der Waals surface area contributed by atoms with Crippen molar-refractivity contribution in [3.05, 3.63) is 42.2 Å². The van der Waals surface area contributed by atoms with Gasteiger partial charge in [-0.1, -0.05) is 0 Å². The molecule has 1 saturated carbocycles. The molecule has 2 unspecified atom stereocenters. The van der Waals surface area contributed by atoms with Crippen LogP contribution in [0.5, 0.6) is 0 Å². The third-order valence-electron chi connectivity index (χ3n) is 5.03. The molecule has 5 N–H and O–H groups in total. The number of rotatable bonds is 5. The molecule has 2 aliphatic rings. The first-order valence-corrected chi connectivity index (χ1v) is 8.65. The minimum atomic E-state index is -0.266. The number of likely N-dealkylation sites (tertiary alicyclic amines) is 1. The molecule has 2 amide bonds. The zero-order valence-corrected chi connectivity index (χ0v) is 14.2. The summed E-state index contributed by atoms with van der Waals surface area (Å²) in [5.74, 6) is 6.78. The minimum absolute atomic E-state index is 0.00258. The average molecular weight is 343 g/mol. The van der Waals surface area contributed by atoms with Gasteiger partial charge in [0.05, 0.1) is 12.2 Å². The maximum absolute atomic E-state index is 12.3. The predicted octanol–water partition coefficient (Wildman–Crippen LogP) is 0.785. The van der Waals surface area contributed by atoms with E-state index >= 15 is 0 Å². The molecular formula is C18H25N5O2. The number of amides is 2. The van der Waals surface area contributed by atoms with Gasteiger partial charge >= 0.3 is 0 Å². The van der Waals surface area contributed by atoms with Gasteiger partial charge in [-0.25, -0.2) is 5.84 Å². The Morgan fingerprint density at radius 2 is 1.84 bits per heavy atom. The number of anilines is 1. The van der Waals surface area contributed by atoms with Gasteiger partial charge in [0.1, 0.15) is 0 Å². The molecule has 1 aromatic carbocycles. The van der Waals surface area contributed by atoms with Gasteiger partial charge in [0, 0.05) is 31.1 Å². The first-order chi connectivity index (χ1) is 12.1. The maximum Gasteiger partial charge on any atom is 0.251 e. The Labute approximate surface area is 147 Å². The highest BCUT2D eigenvalue weighted by Crippen LogP contribution is 2.36. The zero-order chi connectivity index (χ0) is 17.8. The standard InChI is InChI=1S/C18H25N5O2/c19-7-8-23(20)16-5-3-15(4-6-16)18(25)21-10-17(24)22-11-13-1-2-14(9-13)12-22/h3-8,13-14H,1-2,9-12,19-20H2,(H,21,25)/b8-7-.